The first-order valence-corrected chi connectivity index (χ1v) is 10.1. The number of nitrogens with zero attached hydrogens (tertiary/aromatic N) is 2. The number of aliphatic hydroxyl groups is 1. The maximum atomic E-state index is 11.9. The number of piperidine rings is 1. The second kappa shape index (κ2) is 8.97. The molecule has 1 aromatic carbocycles. The number of methoxy groups -OCH3 is 1. The number of likely N-dealkylation sites (tertiary alicyclic amines) is 1. The number of nitrogens with one attached hydrogen (secondary N) is 1. The summed E-state index contributed by atoms with van der Waals surface area (Å²) in [5.74, 6) is 0.744. The Kier molecular flexibility index (Phi) is 6.59. The van der Waals surface area contributed by atoms with Crippen LogP contribution in [0.4, 0.5) is 4.79 Å². The lowest BCUT2D eigenvalue weighted by molar-refractivity contribution is 0.0458. The van der Waals surface area contributed by atoms with E-state index in [2.05, 4.69) is 15.2 Å². The minimum Gasteiger partial charge on any atom is -0.497 e. The van der Waals surface area contributed by atoms with E-state index in [9.17, 15) is 9.90 Å². The van der Waals surface area contributed by atoms with Gasteiger partial charge in [0.1, 0.15) is 17.5 Å². The molecule has 2 aromatic rings. The highest BCUT2D eigenvalue weighted by atomic mass is 16.6. The molecule has 1 saturated heterocycles. The van der Waals surface area contributed by atoms with Gasteiger partial charge < -0.3 is 24.8 Å². The van der Waals surface area contributed by atoms with Crippen LogP contribution < -0.4 is 10.1 Å². The Hall–Kier alpha value is -2.38. The zero-order chi connectivity index (χ0) is 21.0. The fourth-order valence-electron chi connectivity index (χ4n) is 3.63. The van der Waals surface area contributed by atoms with Crippen LogP contribution in [0.2, 0.25) is 0 Å². The van der Waals surface area contributed by atoms with Gasteiger partial charge in [0, 0.05) is 37.3 Å². The molecule has 158 valence electrons. The molecular weight excluding hydrogens is 370 g/mol. The van der Waals surface area contributed by atoms with Crippen LogP contribution in [0.3, 0.4) is 0 Å². The maximum Gasteiger partial charge on any atom is 0.407 e. The summed E-state index contributed by atoms with van der Waals surface area (Å²) in [6.07, 6.45) is 2.31. The summed E-state index contributed by atoms with van der Waals surface area (Å²) < 4.78 is 10.6. The minimum atomic E-state index is -0.693. The molecule has 1 atom stereocenters. The summed E-state index contributed by atoms with van der Waals surface area (Å²) in [6.45, 7) is 7.66. The number of amides is 1. The van der Waals surface area contributed by atoms with Crippen molar-refractivity contribution in [3.63, 3.8) is 0 Å². The van der Waals surface area contributed by atoms with Crippen molar-refractivity contribution in [3.8, 4) is 5.75 Å². The summed E-state index contributed by atoms with van der Waals surface area (Å²) in [4.78, 5) is 18.6. The number of hydrogen-bond acceptors (Lipinski definition) is 6. The third-order valence-electron chi connectivity index (χ3n) is 5.06. The van der Waals surface area contributed by atoms with Crippen molar-refractivity contribution in [1.82, 2.24) is 15.2 Å². The van der Waals surface area contributed by atoms with Crippen molar-refractivity contribution in [2.75, 3.05) is 26.7 Å². The molecule has 0 spiro atoms. The fourth-order valence-corrected chi connectivity index (χ4v) is 3.63. The lowest BCUT2D eigenvalue weighted by atomic mass is 10.0. The van der Waals surface area contributed by atoms with Gasteiger partial charge in [0.15, 0.2) is 0 Å². The van der Waals surface area contributed by atoms with Crippen molar-refractivity contribution in [1.29, 1.82) is 0 Å². The highest BCUT2D eigenvalue weighted by Crippen LogP contribution is 2.27. The molecule has 2 N–H and O–H groups in total. The van der Waals surface area contributed by atoms with Crippen LogP contribution >= 0.6 is 0 Å². The minimum absolute atomic E-state index is 0.0955. The number of β-amino-alcohol motifs (C(OH)–C–C–N with tert-alkyl or cyclic N) is 1. The number of pyridine rings is 1. The molecular formula is C22H31N3O4. The second-order valence-electron chi connectivity index (χ2n) is 8.52. The third kappa shape index (κ3) is 5.81. The van der Waals surface area contributed by atoms with Crippen molar-refractivity contribution in [2.24, 2.45) is 0 Å². The van der Waals surface area contributed by atoms with Gasteiger partial charge in [-0.2, -0.15) is 0 Å². The van der Waals surface area contributed by atoms with E-state index < -0.39 is 11.7 Å². The number of fused-ring (bicyclic) bond motifs is 1. The molecule has 1 fully saturated rings. The number of aromatic nitrogens is 1. The van der Waals surface area contributed by atoms with E-state index in [0.717, 1.165) is 42.5 Å². The van der Waals surface area contributed by atoms with E-state index in [1.54, 1.807) is 13.3 Å². The fraction of sp³-hybridized carbons (Fsp3) is 0.545. The third-order valence-corrected chi connectivity index (χ3v) is 5.06. The van der Waals surface area contributed by atoms with E-state index in [1.807, 2.05) is 45.0 Å². The zero-order valence-corrected chi connectivity index (χ0v) is 17.6. The molecule has 0 saturated carbocycles. The highest BCUT2D eigenvalue weighted by molar-refractivity contribution is 5.86. The topological polar surface area (TPSA) is 83.9 Å². The summed E-state index contributed by atoms with van der Waals surface area (Å²) in [6, 6.07) is 7.82. The monoisotopic (exact) mass is 401 g/mol. The Morgan fingerprint density at radius 3 is 2.69 bits per heavy atom. The Bertz CT molecular complexity index is 842. The van der Waals surface area contributed by atoms with Crippen LogP contribution in [0.5, 0.6) is 5.75 Å². The van der Waals surface area contributed by atoms with Crippen LogP contribution in [0.15, 0.2) is 30.5 Å². The molecule has 1 amide bonds. The van der Waals surface area contributed by atoms with Crippen LogP contribution in [0, 0.1) is 0 Å². The number of carbonyl (C=O) groups excluding carboxylic acids is 1. The molecule has 3 rings (SSSR count). The van der Waals surface area contributed by atoms with Gasteiger partial charge in [-0.1, -0.05) is 6.07 Å². The molecule has 2 heterocycles. The molecule has 29 heavy (non-hydrogen) atoms. The van der Waals surface area contributed by atoms with Gasteiger partial charge in [0.25, 0.3) is 0 Å². The zero-order valence-electron chi connectivity index (χ0n) is 17.6. The van der Waals surface area contributed by atoms with Gasteiger partial charge in [0.2, 0.25) is 0 Å². The van der Waals surface area contributed by atoms with E-state index in [-0.39, 0.29) is 12.1 Å². The molecule has 1 aliphatic rings. The smallest absolute Gasteiger partial charge is 0.407 e. The SMILES string of the molecule is COc1ccc2ccnc(C(O)CN3CCC(NC(=O)OC(C)(C)C)CC3)c2c1. The van der Waals surface area contributed by atoms with Crippen LogP contribution in [-0.4, -0.2) is 59.5 Å². The van der Waals surface area contributed by atoms with Crippen molar-refractivity contribution < 1.29 is 19.4 Å². The standard InChI is InChI=1S/C22H31N3O4/c1-22(2,3)29-21(27)24-16-8-11-25(12-9-16)14-19(26)20-18-13-17(28-4)6-5-15(18)7-10-23-20/h5-7,10,13,16,19,26H,8-9,11-12,14H2,1-4H3,(H,24,27). The van der Waals surface area contributed by atoms with E-state index >= 15 is 0 Å². The van der Waals surface area contributed by atoms with Crippen molar-refractivity contribution >= 4 is 16.9 Å². The largest absolute Gasteiger partial charge is 0.497 e. The maximum absolute atomic E-state index is 11.9. The predicted octanol–water partition coefficient (Wildman–Crippen LogP) is 3.27. The molecule has 7 nitrogen and oxygen atoms in total. The van der Waals surface area contributed by atoms with E-state index in [0.29, 0.717) is 12.2 Å². The second-order valence-corrected chi connectivity index (χ2v) is 8.52. The quantitative estimate of drug-likeness (QED) is 0.800. The van der Waals surface area contributed by atoms with Crippen LogP contribution in [-0.2, 0) is 4.74 Å². The molecule has 0 radical (unpaired) electrons. The van der Waals surface area contributed by atoms with Crippen LogP contribution in [0.1, 0.15) is 45.4 Å². The molecule has 0 aliphatic carbocycles. The average molecular weight is 402 g/mol. The summed E-state index contributed by atoms with van der Waals surface area (Å²) in [5, 5.41) is 15.7. The van der Waals surface area contributed by atoms with E-state index in [1.165, 1.54) is 0 Å². The number of hydrogen-bond donors (Lipinski definition) is 2. The van der Waals surface area contributed by atoms with Crippen molar-refractivity contribution in [3.05, 3.63) is 36.2 Å². The number of alkyl carbamates (subject to hydrolysis) is 1. The Morgan fingerprint density at radius 1 is 1.31 bits per heavy atom. The van der Waals surface area contributed by atoms with Crippen molar-refractivity contribution in [2.45, 2.75) is 51.4 Å². The van der Waals surface area contributed by atoms with Gasteiger partial charge in [-0.05, 0) is 57.2 Å². The molecule has 0 bridgehead atoms. The van der Waals surface area contributed by atoms with Gasteiger partial charge in [-0.15, -0.1) is 0 Å². The van der Waals surface area contributed by atoms with Gasteiger partial charge in [-0.3, -0.25) is 4.98 Å². The first-order chi connectivity index (χ1) is 13.7. The molecule has 1 aliphatic heterocycles. The number of rotatable bonds is 5. The Labute approximate surface area is 172 Å². The number of ether oxygens (including phenoxy) is 2. The van der Waals surface area contributed by atoms with Gasteiger partial charge in [0.05, 0.1) is 12.8 Å². The lowest BCUT2D eigenvalue weighted by Crippen LogP contribution is -2.46. The van der Waals surface area contributed by atoms with E-state index in [4.69, 9.17) is 9.47 Å². The number of benzene rings is 1. The summed E-state index contributed by atoms with van der Waals surface area (Å²) in [5.41, 5.74) is 0.165. The lowest BCUT2D eigenvalue weighted by Gasteiger charge is -2.33. The summed E-state index contributed by atoms with van der Waals surface area (Å²) >= 11 is 0. The van der Waals surface area contributed by atoms with Crippen LogP contribution in [0.25, 0.3) is 10.8 Å². The summed E-state index contributed by atoms with van der Waals surface area (Å²) in [7, 11) is 1.63. The first-order valence-electron chi connectivity index (χ1n) is 10.1. The molecule has 1 unspecified atom stereocenters. The molecule has 1 aromatic heterocycles. The normalized spacial score (nSPS) is 17.1. The van der Waals surface area contributed by atoms with Gasteiger partial charge in [-0.25, -0.2) is 4.79 Å². The number of aliphatic hydroxyl groups excluding tert-OH is 1. The Balaban J connectivity index is 1.57. The first kappa shape index (κ1) is 21.3. The van der Waals surface area contributed by atoms with Gasteiger partial charge >= 0.3 is 6.09 Å². The highest BCUT2D eigenvalue weighted by Gasteiger charge is 2.25. The predicted molar refractivity (Wildman–Crippen MR) is 112 cm³/mol. The average Bonchev–Trinajstić information content (AvgIpc) is 2.67. The Morgan fingerprint density at radius 2 is 2.03 bits per heavy atom. The molecule has 7 heteroatoms. The number of carbonyl (C=O) groups is 1.